The average Bonchev–Trinajstić information content (AvgIpc) is 2.12. The van der Waals surface area contributed by atoms with Gasteiger partial charge in [0.15, 0.2) is 0 Å². The first-order chi connectivity index (χ1) is 7.96. The summed E-state index contributed by atoms with van der Waals surface area (Å²) in [6, 6.07) is 0. The second-order valence-corrected chi connectivity index (χ2v) is 6.78. The Hall–Kier alpha value is -0.650. The zero-order chi connectivity index (χ0) is 14.6. The van der Waals surface area contributed by atoms with Crippen LogP contribution in [0.25, 0.3) is 0 Å². The van der Waals surface area contributed by atoms with Crippen molar-refractivity contribution in [3.05, 3.63) is 0 Å². The van der Waals surface area contributed by atoms with Gasteiger partial charge in [0.25, 0.3) is 0 Å². The van der Waals surface area contributed by atoms with E-state index in [1.165, 1.54) is 7.11 Å². The number of methoxy groups -OCH3 is 1. The van der Waals surface area contributed by atoms with Crippen LogP contribution in [0.5, 0.6) is 0 Å². The molecule has 0 aliphatic carbocycles. The quantitative estimate of drug-likeness (QED) is 0.605. The number of carbonyl (C=O) groups excluding carboxylic acids is 1. The van der Waals surface area contributed by atoms with Gasteiger partial charge in [-0.15, -0.1) is 0 Å². The molecule has 0 saturated carbocycles. The van der Waals surface area contributed by atoms with Gasteiger partial charge in [-0.25, -0.2) is 10.7 Å². The van der Waals surface area contributed by atoms with Gasteiger partial charge in [0.05, 0.1) is 6.61 Å². The largest absolute Gasteiger partial charge is 0.458 e. The maximum atomic E-state index is 12.3. The maximum absolute atomic E-state index is 12.3. The molecule has 1 unspecified atom stereocenters. The Bertz CT molecular complexity index is 278. The van der Waals surface area contributed by atoms with Crippen LogP contribution in [0, 0.1) is 5.41 Å². The van der Waals surface area contributed by atoms with Crippen LogP contribution >= 0.6 is 0 Å². The smallest absolute Gasteiger partial charge is 0.343 e. The highest BCUT2D eigenvalue weighted by molar-refractivity contribution is 5.80. The van der Waals surface area contributed by atoms with Gasteiger partial charge >= 0.3 is 5.97 Å². The lowest BCUT2D eigenvalue weighted by molar-refractivity contribution is -0.196. The topological polar surface area (TPSA) is 70.8 Å². The molecule has 0 amide bonds. The minimum Gasteiger partial charge on any atom is -0.458 e. The number of hydrogen-bond donors (Lipinski definition) is 1. The molecule has 0 saturated heterocycles. The van der Waals surface area contributed by atoms with Crippen LogP contribution in [0.3, 0.4) is 0 Å². The third-order valence-electron chi connectivity index (χ3n) is 2.19. The van der Waals surface area contributed by atoms with Crippen LogP contribution in [0.1, 0.15) is 48.0 Å². The van der Waals surface area contributed by atoms with Crippen LogP contribution in [0.4, 0.5) is 0 Å². The summed E-state index contributed by atoms with van der Waals surface area (Å²) in [7, 11) is 1.50. The standard InChI is InChI=1S/C13H27NO4/c1-11(2,3)8-13(18-14,9-16-7)10(15)17-12(4,5)6/h8-9,14H2,1-7H3. The fourth-order valence-corrected chi connectivity index (χ4v) is 1.77. The van der Waals surface area contributed by atoms with E-state index in [9.17, 15) is 4.79 Å². The van der Waals surface area contributed by atoms with Crippen molar-refractivity contribution >= 4 is 5.97 Å². The molecule has 0 aliphatic rings. The van der Waals surface area contributed by atoms with Gasteiger partial charge < -0.3 is 9.47 Å². The zero-order valence-electron chi connectivity index (χ0n) is 12.6. The molecular formula is C13H27NO4. The molecule has 0 aliphatic heterocycles. The van der Waals surface area contributed by atoms with E-state index >= 15 is 0 Å². The summed E-state index contributed by atoms with van der Waals surface area (Å²) in [5.74, 6) is 4.85. The van der Waals surface area contributed by atoms with Gasteiger partial charge in [0.1, 0.15) is 5.60 Å². The van der Waals surface area contributed by atoms with Crippen molar-refractivity contribution in [3.63, 3.8) is 0 Å². The van der Waals surface area contributed by atoms with Crippen molar-refractivity contribution in [2.45, 2.75) is 59.2 Å². The number of esters is 1. The predicted octanol–water partition coefficient (Wildman–Crippen LogP) is 2.04. The van der Waals surface area contributed by atoms with Crippen molar-refractivity contribution in [2.24, 2.45) is 11.3 Å². The minimum absolute atomic E-state index is 0.0652. The monoisotopic (exact) mass is 261 g/mol. The lowest BCUT2D eigenvalue weighted by atomic mass is 9.82. The highest BCUT2D eigenvalue weighted by Crippen LogP contribution is 2.31. The van der Waals surface area contributed by atoms with Crippen LogP contribution < -0.4 is 5.90 Å². The molecule has 0 radical (unpaired) electrons. The summed E-state index contributed by atoms with van der Waals surface area (Å²) in [4.78, 5) is 17.2. The first-order valence-corrected chi connectivity index (χ1v) is 6.06. The van der Waals surface area contributed by atoms with E-state index in [2.05, 4.69) is 0 Å². The van der Waals surface area contributed by atoms with Crippen molar-refractivity contribution in [3.8, 4) is 0 Å². The minimum atomic E-state index is -1.26. The van der Waals surface area contributed by atoms with E-state index < -0.39 is 17.2 Å². The molecule has 0 heterocycles. The number of nitrogens with two attached hydrogens (primary N) is 1. The molecule has 0 aromatic heterocycles. The Balaban J connectivity index is 5.13. The first-order valence-electron chi connectivity index (χ1n) is 6.06. The number of rotatable bonds is 5. The summed E-state index contributed by atoms with van der Waals surface area (Å²) in [5, 5.41) is 0. The lowest BCUT2D eigenvalue weighted by Crippen LogP contribution is -2.52. The van der Waals surface area contributed by atoms with Crippen LogP contribution in [-0.2, 0) is 19.1 Å². The lowest BCUT2D eigenvalue weighted by Gasteiger charge is -2.36. The van der Waals surface area contributed by atoms with Crippen molar-refractivity contribution in [1.29, 1.82) is 0 Å². The molecule has 0 aromatic carbocycles. The molecule has 0 rings (SSSR count). The Morgan fingerprint density at radius 2 is 1.61 bits per heavy atom. The number of ether oxygens (including phenoxy) is 2. The van der Waals surface area contributed by atoms with Gasteiger partial charge in [-0.2, -0.15) is 0 Å². The molecule has 1 atom stereocenters. The zero-order valence-corrected chi connectivity index (χ0v) is 12.6. The van der Waals surface area contributed by atoms with Crippen LogP contribution in [0.2, 0.25) is 0 Å². The summed E-state index contributed by atoms with van der Waals surface area (Å²) in [6.45, 7) is 11.5. The van der Waals surface area contributed by atoms with Gasteiger partial charge in [0.2, 0.25) is 5.60 Å². The highest BCUT2D eigenvalue weighted by Gasteiger charge is 2.46. The van der Waals surface area contributed by atoms with Gasteiger partial charge in [-0.1, -0.05) is 20.8 Å². The van der Waals surface area contributed by atoms with E-state index in [1.807, 2.05) is 20.8 Å². The molecule has 0 bridgehead atoms. The molecule has 0 spiro atoms. The first kappa shape index (κ1) is 17.4. The fourth-order valence-electron chi connectivity index (χ4n) is 1.77. The third kappa shape index (κ3) is 5.80. The van der Waals surface area contributed by atoms with Crippen LogP contribution in [-0.4, -0.2) is 30.9 Å². The van der Waals surface area contributed by atoms with Gasteiger partial charge in [-0.05, 0) is 32.6 Å². The maximum Gasteiger partial charge on any atom is 0.343 e. The summed E-state index contributed by atoms with van der Waals surface area (Å²) < 4.78 is 10.4. The highest BCUT2D eigenvalue weighted by atomic mass is 16.7. The third-order valence-corrected chi connectivity index (χ3v) is 2.19. The van der Waals surface area contributed by atoms with E-state index in [4.69, 9.17) is 20.2 Å². The van der Waals surface area contributed by atoms with Crippen molar-refractivity contribution in [2.75, 3.05) is 13.7 Å². The average molecular weight is 261 g/mol. The second kappa shape index (κ2) is 5.99. The normalized spacial score (nSPS) is 16.2. The molecule has 108 valence electrons. The Morgan fingerprint density at radius 1 is 1.11 bits per heavy atom. The second-order valence-electron chi connectivity index (χ2n) is 6.78. The van der Waals surface area contributed by atoms with E-state index in [0.29, 0.717) is 6.42 Å². The molecule has 5 nitrogen and oxygen atoms in total. The predicted molar refractivity (Wildman–Crippen MR) is 69.8 cm³/mol. The fraction of sp³-hybridized carbons (Fsp3) is 0.923. The molecule has 2 N–H and O–H groups in total. The van der Waals surface area contributed by atoms with Crippen molar-refractivity contribution < 1.29 is 19.1 Å². The number of hydrogen-bond acceptors (Lipinski definition) is 5. The number of carbonyl (C=O) groups is 1. The molecule has 18 heavy (non-hydrogen) atoms. The summed E-state index contributed by atoms with van der Waals surface area (Å²) in [6.07, 6.45) is 0.416. The summed E-state index contributed by atoms with van der Waals surface area (Å²) >= 11 is 0. The molecular weight excluding hydrogens is 234 g/mol. The van der Waals surface area contributed by atoms with Gasteiger partial charge in [-0.3, -0.25) is 4.84 Å². The van der Waals surface area contributed by atoms with Gasteiger partial charge in [0, 0.05) is 7.11 Å². The summed E-state index contributed by atoms with van der Waals surface area (Å²) in [5.41, 5.74) is -2.00. The molecule has 0 fully saturated rings. The van der Waals surface area contributed by atoms with Crippen LogP contribution in [0.15, 0.2) is 0 Å². The Morgan fingerprint density at radius 3 is 1.89 bits per heavy atom. The molecule has 5 heteroatoms. The van der Waals surface area contributed by atoms with E-state index in [-0.39, 0.29) is 12.0 Å². The van der Waals surface area contributed by atoms with E-state index in [1.54, 1.807) is 20.8 Å². The van der Waals surface area contributed by atoms with Crippen molar-refractivity contribution in [1.82, 2.24) is 0 Å². The van der Waals surface area contributed by atoms with E-state index in [0.717, 1.165) is 0 Å². The Labute approximate surface area is 110 Å². The SMILES string of the molecule is COCC(CC(C)(C)C)(ON)C(=O)OC(C)(C)C. The Kier molecular flexibility index (Phi) is 5.78. The molecule has 0 aromatic rings.